The first-order valence-corrected chi connectivity index (χ1v) is 12.0. The zero-order valence-electron chi connectivity index (χ0n) is 22.5. The van der Waals surface area contributed by atoms with Crippen molar-refractivity contribution in [1.82, 2.24) is 0 Å². The smallest absolute Gasteiger partial charge is 0.416 e. The second kappa shape index (κ2) is 16.2. The number of hydrogen-bond donors (Lipinski definition) is 6. The number of halogens is 3. The molecule has 0 aliphatic heterocycles. The van der Waals surface area contributed by atoms with Crippen molar-refractivity contribution in [2.45, 2.75) is 26.1 Å². The Morgan fingerprint density at radius 1 is 0.683 bits per heavy atom. The summed E-state index contributed by atoms with van der Waals surface area (Å²) < 4.78 is 35.7. The molecule has 1 unspecified atom stereocenters. The number of carboxylic acid groups (broad SMARTS) is 1. The van der Waals surface area contributed by atoms with E-state index in [1.54, 1.807) is 55.5 Å². The van der Waals surface area contributed by atoms with Crippen LogP contribution in [-0.4, -0.2) is 22.0 Å². The van der Waals surface area contributed by atoms with Crippen LogP contribution in [0.5, 0.6) is 0 Å². The molecule has 0 saturated heterocycles. The molecule has 0 fully saturated rings. The van der Waals surface area contributed by atoms with Crippen LogP contribution >= 0.6 is 0 Å². The number of carbonyl (C=O) groups excluding carboxylic acids is 1. The summed E-state index contributed by atoms with van der Waals surface area (Å²) in [4.78, 5) is 21.0. The number of anilines is 4. The largest absolute Gasteiger partial charge is 0.478 e. The number of rotatable bonds is 3. The van der Waals surface area contributed by atoms with E-state index in [1.807, 2.05) is 12.1 Å². The molecule has 4 rings (SSSR count). The van der Waals surface area contributed by atoms with Gasteiger partial charge in [0.05, 0.1) is 17.2 Å². The topological polar surface area (TPSA) is 179 Å². The standard InChI is InChI=1S/C8H11NO.C8H9NO.C7H6F3N.C7H7NO2/c2*1-6(10)7-3-2-4-8(9)5-7;8-7(9,10)5-2-1-3-6(11)4-5;8-6-3-1-2-5(4-6)7(9)10/h2-6,10H,9H2,1H3;2-5H,9H2,1H3;1-4H,11H2;1-4H,8H2,(H,9,10). The summed E-state index contributed by atoms with van der Waals surface area (Å²) in [5, 5.41) is 17.5. The van der Waals surface area contributed by atoms with Crippen LogP contribution in [-0.2, 0) is 6.18 Å². The Labute approximate surface area is 236 Å². The van der Waals surface area contributed by atoms with Gasteiger partial charge in [0.15, 0.2) is 5.78 Å². The zero-order valence-corrected chi connectivity index (χ0v) is 22.5. The summed E-state index contributed by atoms with van der Waals surface area (Å²) in [7, 11) is 0. The number of aliphatic hydroxyl groups excluding tert-OH is 1. The Morgan fingerprint density at radius 2 is 1.10 bits per heavy atom. The molecule has 4 aromatic carbocycles. The minimum Gasteiger partial charge on any atom is -0.478 e. The van der Waals surface area contributed by atoms with Crippen LogP contribution in [0, 0.1) is 0 Å². The highest BCUT2D eigenvalue weighted by atomic mass is 19.4. The fourth-order valence-electron chi connectivity index (χ4n) is 2.96. The second-order valence-corrected chi connectivity index (χ2v) is 8.58. The molecule has 0 bridgehead atoms. The lowest BCUT2D eigenvalue weighted by Crippen LogP contribution is -2.04. The molecular weight excluding hydrogens is 537 g/mol. The monoisotopic (exact) mass is 570 g/mol. The molecule has 0 aliphatic carbocycles. The molecule has 218 valence electrons. The maximum absolute atomic E-state index is 11.9. The number of nitrogen functional groups attached to an aromatic ring is 4. The SMILES string of the molecule is CC(=O)c1cccc(N)c1.CC(O)c1cccc(N)c1.Nc1cccc(C(=O)O)c1.Nc1cccc(C(F)(F)F)c1. The highest BCUT2D eigenvalue weighted by molar-refractivity contribution is 5.94. The van der Waals surface area contributed by atoms with Crippen molar-refractivity contribution in [1.29, 1.82) is 0 Å². The van der Waals surface area contributed by atoms with Crippen molar-refractivity contribution in [3.8, 4) is 0 Å². The molecule has 0 heterocycles. The van der Waals surface area contributed by atoms with Crippen molar-refractivity contribution in [3.63, 3.8) is 0 Å². The van der Waals surface area contributed by atoms with E-state index in [9.17, 15) is 22.8 Å². The molecular formula is C30H33F3N4O4. The summed E-state index contributed by atoms with van der Waals surface area (Å²) in [6.45, 7) is 3.24. The Kier molecular flexibility index (Phi) is 13.4. The molecule has 8 nitrogen and oxygen atoms in total. The fraction of sp³-hybridized carbons (Fsp3) is 0.133. The number of ketones is 1. The van der Waals surface area contributed by atoms with Gasteiger partial charge in [0.2, 0.25) is 0 Å². The Morgan fingerprint density at radius 3 is 1.39 bits per heavy atom. The van der Waals surface area contributed by atoms with Crippen LogP contribution in [0.15, 0.2) is 97.1 Å². The zero-order chi connectivity index (χ0) is 31.2. The number of Topliss-reactive ketones (excluding diaryl/α,β-unsaturated/α-hetero) is 1. The average Bonchev–Trinajstić information content (AvgIpc) is 2.89. The molecule has 0 aromatic heterocycles. The summed E-state index contributed by atoms with van der Waals surface area (Å²) in [6, 6.07) is 24.9. The average molecular weight is 571 g/mol. The third kappa shape index (κ3) is 13.5. The van der Waals surface area contributed by atoms with Crippen molar-refractivity contribution >= 4 is 34.5 Å². The Hall–Kier alpha value is -5.03. The number of hydrogen-bond acceptors (Lipinski definition) is 7. The van der Waals surface area contributed by atoms with E-state index in [0.717, 1.165) is 17.7 Å². The van der Waals surface area contributed by atoms with E-state index >= 15 is 0 Å². The first kappa shape index (κ1) is 34.0. The maximum Gasteiger partial charge on any atom is 0.416 e. The minimum absolute atomic E-state index is 0.0484. The van der Waals surface area contributed by atoms with Crippen LogP contribution < -0.4 is 22.9 Å². The Balaban J connectivity index is 0.000000274. The number of benzene rings is 4. The van der Waals surface area contributed by atoms with Gasteiger partial charge in [-0.1, -0.05) is 36.4 Å². The van der Waals surface area contributed by atoms with Crippen LogP contribution in [0.1, 0.15) is 51.8 Å². The van der Waals surface area contributed by atoms with Crippen molar-refractivity contribution in [2.75, 3.05) is 22.9 Å². The molecule has 0 saturated carbocycles. The van der Waals surface area contributed by atoms with Gasteiger partial charge in [-0.3, -0.25) is 4.79 Å². The van der Waals surface area contributed by atoms with Gasteiger partial charge in [-0.15, -0.1) is 0 Å². The fourth-order valence-corrected chi connectivity index (χ4v) is 2.96. The van der Waals surface area contributed by atoms with Crippen LogP contribution in [0.2, 0.25) is 0 Å². The third-order valence-corrected chi connectivity index (χ3v) is 5.03. The number of nitrogens with two attached hydrogens (primary N) is 4. The Bertz CT molecular complexity index is 1370. The van der Waals surface area contributed by atoms with Crippen molar-refractivity contribution in [3.05, 3.63) is 119 Å². The first-order valence-electron chi connectivity index (χ1n) is 12.0. The van der Waals surface area contributed by atoms with Gasteiger partial charge < -0.3 is 33.1 Å². The van der Waals surface area contributed by atoms with E-state index in [2.05, 4.69) is 0 Å². The maximum atomic E-state index is 11.9. The molecule has 4 aromatic rings. The van der Waals surface area contributed by atoms with Gasteiger partial charge in [-0.05, 0) is 80.1 Å². The highest BCUT2D eigenvalue weighted by Crippen LogP contribution is 2.29. The summed E-state index contributed by atoms with van der Waals surface area (Å²) in [6.07, 6.45) is -4.72. The number of alkyl halides is 3. The van der Waals surface area contributed by atoms with Gasteiger partial charge in [0, 0.05) is 28.3 Å². The van der Waals surface area contributed by atoms with E-state index in [4.69, 9.17) is 33.1 Å². The van der Waals surface area contributed by atoms with Gasteiger partial charge in [0.25, 0.3) is 0 Å². The quantitative estimate of drug-likeness (QED) is 0.127. The summed E-state index contributed by atoms with van der Waals surface area (Å²) in [5.41, 5.74) is 24.4. The van der Waals surface area contributed by atoms with E-state index < -0.39 is 23.8 Å². The predicted molar refractivity (Wildman–Crippen MR) is 156 cm³/mol. The summed E-state index contributed by atoms with van der Waals surface area (Å²) in [5.74, 6) is -0.903. The molecule has 11 heteroatoms. The van der Waals surface area contributed by atoms with Gasteiger partial charge >= 0.3 is 12.1 Å². The van der Waals surface area contributed by atoms with E-state index in [1.165, 1.54) is 31.2 Å². The summed E-state index contributed by atoms with van der Waals surface area (Å²) >= 11 is 0. The van der Waals surface area contributed by atoms with Crippen LogP contribution in [0.4, 0.5) is 35.9 Å². The lowest BCUT2D eigenvalue weighted by Gasteiger charge is -2.05. The van der Waals surface area contributed by atoms with Crippen molar-refractivity contribution in [2.24, 2.45) is 0 Å². The lowest BCUT2D eigenvalue weighted by atomic mass is 10.1. The lowest BCUT2D eigenvalue weighted by molar-refractivity contribution is -0.137. The second-order valence-electron chi connectivity index (χ2n) is 8.58. The normalized spacial score (nSPS) is 10.8. The molecule has 10 N–H and O–H groups in total. The number of carbonyl (C=O) groups is 2. The van der Waals surface area contributed by atoms with E-state index in [0.29, 0.717) is 22.6 Å². The van der Waals surface area contributed by atoms with Crippen LogP contribution in [0.3, 0.4) is 0 Å². The molecule has 0 radical (unpaired) electrons. The van der Waals surface area contributed by atoms with Gasteiger partial charge in [-0.25, -0.2) is 4.79 Å². The van der Waals surface area contributed by atoms with E-state index in [-0.39, 0.29) is 17.0 Å². The molecule has 0 spiro atoms. The van der Waals surface area contributed by atoms with Crippen molar-refractivity contribution < 1.29 is 33.0 Å². The number of carboxylic acids is 1. The highest BCUT2D eigenvalue weighted by Gasteiger charge is 2.30. The molecule has 0 amide bonds. The third-order valence-electron chi connectivity index (χ3n) is 5.03. The van der Waals surface area contributed by atoms with Gasteiger partial charge in [-0.2, -0.15) is 13.2 Å². The molecule has 41 heavy (non-hydrogen) atoms. The van der Waals surface area contributed by atoms with Gasteiger partial charge in [0.1, 0.15) is 0 Å². The first-order chi connectivity index (χ1) is 19.1. The molecule has 0 aliphatic rings. The molecule has 1 atom stereocenters. The minimum atomic E-state index is -4.30. The van der Waals surface area contributed by atoms with Crippen LogP contribution in [0.25, 0.3) is 0 Å². The number of aromatic carboxylic acids is 1. The number of aliphatic hydroxyl groups is 1. The predicted octanol–water partition coefficient (Wildman–Crippen LogP) is 6.05.